The van der Waals surface area contributed by atoms with Crippen LogP contribution in [0.4, 0.5) is 5.69 Å². The lowest BCUT2D eigenvalue weighted by atomic mass is 10.1. The van der Waals surface area contributed by atoms with Crippen LogP contribution in [0.5, 0.6) is 11.5 Å². The standard InChI is InChI=1S/C26H22N2O3/c1-30-23-10-5-7-20(17-23)25-12-6-11-24(28-25)19-13-15-21(16-14-19)27-26(29)18-31-22-8-3-2-4-9-22/h2-17H,18H2,1H3,(H,27,29). The van der Waals surface area contributed by atoms with Crippen molar-refractivity contribution in [1.29, 1.82) is 0 Å². The van der Waals surface area contributed by atoms with E-state index in [0.29, 0.717) is 11.4 Å². The van der Waals surface area contributed by atoms with Crippen LogP contribution in [0.25, 0.3) is 22.5 Å². The summed E-state index contributed by atoms with van der Waals surface area (Å²) in [5.74, 6) is 1.24. The maximum absolute atomic E-state index is 12.1. The molecule has 1 N–H and O–H groups in total. The molecular formula is C26H22N2O3. The van der Waals surface area contributed by atoms with Crippen molar-refractivity contribution in [3.63, 3.8) is 0 Å². The van der Waals surface area contributed by atoms with E-state index in [1.165, 1.54) is 0 Å². The Hall–Kier alpha value is -4.12. The minimum absolute atomic E-state index is 0.0457. The first-order chi connectivity index (χ1) is 15.2. The number of benzene rings is 3. The Balaban J connectivity index is 1.42. The fourth-order valence-electron chi connectivity index (χ4n) is 3.13. The predicted octanol–water partition coefficient (Wildman–Crippen LogP) is 5.44. The van der Waals surface area contributed by atoms with E-state index < -0.39 is 0 Å². The number of nitrogens with one attached hydrogen (secondary N) is 1. The van der Waals surface area contributed by atoms with Gasteiger partial charge in [0.25, 0.3) is 5.91 Å². The number of carbonyl (C=O) groups excluding carboxylic acids is 1. The molecule has 0 spiro atoms. The molecule has 0 aliphatic carbocycles. The van der Waals surface area contributed by atoms with Crippen LogP contribution in [0.3, 0.4) is 0 Å². The topological polar surface area (TPSA) is 60.5 Å². The number of para-hydroxylation sites is 1. The first-order valence-corrected chi connectivity index (χ1v) is 9.91. The number of pyridine rings is 1. The molecule has 4 rings (SSSR count). The monoisotopic (exact) mass is 410 g/mol. The Labute approximate surface area is 181 Å². The Bertz CT molecular complexity index is 1160. The van der Waals surface area contributed by atoms with Crippen molar-refractivity contribution in [2.24, 2.45) is 0 Å². The molecule has 1 amide bonds. The summed E-state index contributed by atoms with van der Waals surface area (Å²) in [4.78, 5) is 16.9. The summed E-state index contributed by atoms with van der Waals surface area (Å²) >= 11 is 0. The highest BCUT2D eigenvalue weighted by atomic mass is 16.5. The minimum Gasteiger partial charge on any atom is -0.497 e. The van der Waals surface area contributed by atoms with E-state index >= 15 is 0 Å². The van der Waals surface area contributed by atoms with Crippen molar-refractivity contribution in [1.82, 2.24) is 4.98 Å². The lowest BCUT2D eigenvalue weighted by molar-refractivity contribution is -0.118. The summed E-state index contributed by atoms with van der Waals surface area (Å²) in [7, 11) is 1.65. The number of ether oxygens (including phenoxy) is 2. The molecule has 0 saturated carbocycles. The zero-order valence-corrected chi connectivity index (χ0v) is 17.1. The van der Waals surface area contributed by atoms with E-state index in [9.17, 15) is 4.79 Å². The van der Waals surface area contributed by atoms with Crippen molar-refractivity contribution < 1.29 is 14.3 Å². The molecule has 0 radical (unpaired) electrons. The molecular weight excluding hydrogens is 388 g/mol. The van der Waals surface area contributed by atoms with Crippen molar-refractivity contribution in [2.45, 2.75) is 0 Å². The summed E-state index contributed by atoms with van der Waals surface area (Å²) in [5.41, 5.74) is 4.37. The summed E-state index contributed by atoms with van der Waals surface area (Å²) in [6.07, 6.45) is 0. The lowest BCUT2D eigenvalue weighted by Crippen LogP contribution is -2.20. The van der Waals surface area contributed by atoms with Crippen molar-refractivity contribution in [3.8, 4) is 34.0 Å². The maximum Gasteiger partial charge on any atom is 0.262 e. The first-order valence-electron chi connectivity index (χ1n) is 9.91. The fourth-order valence-corrected chi connectivity index (χ4v) is 3.13. The SMILES string of the molecule is COc1cccc(-c2cccc(-c3ccc(NC(=O)COc4ccccc4)cc3)n2)c1. The maximum atomic E-state index is 12.1. The average Bonchev–Trinajstić information content (AvgIpc) is 2.84. The van der Waals surface area contributed by atoms with Crippen LogP contribution in [-0.4, -0.2) is 24.6 Å². The number of amides is 1. The molecule has 0 aliphatic rings. The summed E-state index contributed by atoms with van der Waals surface area (Å²) in [6, 6.07) is 30.6. The molecule has 1 heterocycles. The van der Waals surface area contributed by atoms with E-state index in [-0.39, 0.29) is 12.5 Å². The molecule has 5 heteroatoms. The minimum atomic E-state index is -0.213. The van der Waals surface area contributed by atoms with E-state index in [2.05, 4.69) is 5.32 Å². The third-order valence-electron chi connectivity index (χ3n) is 4.69. The van der Waals surface area contributed by atoms with Gasteiger partial charge in [-0.2, -0.15) is 0 Å². The van der Waals surface area contributed by atoms with Gasteiger partial charge < -0.3 is 14.8 Å². The van der Waals surface area contributed by atoms with Crippen LogP contribution in [0.1, 0.15) is 0 Å². The zero-order valence-electron chi connectivity index (χ0n) is 17.1. The first kappa shape index (κ1) is 20.2. The second-order valence-electron chi connectivity index (χ2n) is 6.87. The summed E-state index contributed by atoms with van der Waals surface area (Å²) < 4.78 is 10.8. The van der Waals surface area contributed by atoms with Crippen LogP contribution < -0.4 is 14.8 Å². The smallest absolute Gasteiger partial charge is 0.262 e. The van der Waals surface area contributed by atoms with Gasteiger partial charge in [0.15, 0.2) is 6.61 Å². The molecule has 0 fully saturated rings. The lowest BCUT2D eigenvalue weighted by Gasteiger charge is -2.09. The molecule has 5 nitrogen and oxygen atoms in total. The largest absolute Gasteiger partial charge is 0.497 e. The molecule has 1 aromatic heterocycles. The molecule has 0 atom stereocenters. The van der Waals surface area contributed by atoms with Crippen LogP contribution in [0, 0.1) is 0 Å². The van der Waals surface area contributed by atoms with E-state index in [1.54, 1.807) is 7.11 Å². The molecule has 154 valence electrons. The zero-order chi connectivity index (χ0) is 21.5. The van der Waals surface area contributed by atoms with Gasteiger partial charge in [0.2, 0.25) is 0 Å². The molecule has 0 saturated heterocycles. The molecule has 3 aromatic carbocycles. The molecule has 0 aliphatic heterocycles. The summed E-state index contributed by atoms with van der Waals surface area (Å²) in [5, 5.41) is 2.84. The fraction of sp³-hybridized carbons (Fsp3) is 0.0769. The predicted molar refractivity (Wildman–Crippen MR) is 122 cm³/mol. The third-order valence-corrected chi connectivity index (χ3v) is 4.69. The van der Waals surface area contributed by atoms with Crippen molar-refractivity contribution in [2.75, 3.05) is 19.0 Å². The van der Waals surface area contributed by atoms with Gasteiger partial charge in [0.1, 0.15) is 11.5 Å². The quantitative estimate of drug-likeness (QED) is 0.441. The number of methoxy groups -OCH3 is 1. The van der Waals surface area contributed by atoms with Crippen molar-refractivity contribution >= 4 is 11.6 Å². The number of aromatic nitrogens is 1. The number of rotatable bonds is 7. The van der Waals surface area contributed by atoms with Crippen LogP contribution in [0.15, 0.2) is 97.1 Å². The number of carbonyl (C=O) groups is 1. The van der Waals surface area contributed by atoms with Gasteiger partial charge in [-0.1, -0.05) is 48.5 Å². The van der Waals surface area contributed by atoms with Gasteiger partial charge in [0, 0.05) is 16.8 Å². The van der Waals surface area contributed by atoms with Gasteiger partial charge in [-0.15, -0.1) is 0 Å². The number of hydrogen-bond donors (Lipinski definition) is 1. The third kappa shape index (κ3) is 5.28. The van der Waals surface area contributed by atoms with Crippen LogP contribution >= 0.6 is 0 Å². The van der Waals surface area contributed by atoms with E-state index in [4.69, 9.17) is 14.5 Å². The Kier molecular flexibility index (Phi) is 6.24. The van der Waals surface area contributed by atoms with Crippen LogP contribution in [-0.2, 0) is 4.79 Å². The van der Waals surface area contributed by atoms with Crippen LogP contribution in [0.2, 0.25) is 0 Å². The second kappa shape index (κ2) is 9.59. The number of anilines is 1. The second-order valence-corrected chi connectivity index (χ2v) is 6.87. The Morgan fingerprint density at radius 3 is 2.19 bits per heavy atom. The number of nitrogens with zero attached hydrogens (tertiary/aromatic N) is 1. The molecule has 31 heavy (non-hydrogen) atoms. The molecule has 0 bridgehead atoms. The van der Waals surface area contributed by atoms with E-state index in [1.807, 2.05) is 97.1 Å². The highest BCUT2D eigenvalue weighted by Crippen LogP contribution is 2.26. The van der Waals surface area contributed by atoms with Gasteiger partial charge >= 0.3 is 0 Å². The normalized spacial score (nSPS) is 10.4. The average molecular weight is 410 g/mol. The van der Waals surface area contributed by atoms with Gasteiger partial charge in [-0.25, -0.2) is 4.98 Å². The van der Waals surface area contributed by atoms with Crippen molar-refractivity contribution in [3.05, 3.63) is 97.1 Å². The Morgan fingerprint density at radius 2 is 1.45 bits per heavy atom. The Morgan fingerprint density at radius 1 is 0.774 bits per heavy atom. The van der Waals surface area contributed by atoms with Gasteiger partial charge in [-0.05, 0) is 48.5 Å². The molecule has 4 aromatic rings. The van der Waals surface area contributed by atoms with Gasteiger partial charge in [0.05, 0.1) is 18.5 Å². The summed E-state index contributed by atoms with van der Waals surface area (Å²) in [6.45, 7) is -0.0457. The van der Waals surface area contributed by atoms with E-state index in [0.717, 1.165) is 28.3 Å². The highest BCUT2D eigenvalue weighted by molar-refractivity contribution is 5.92. The number of hydrogen-bond acceptors (Lipinski definition) is 4. The van der Waals surface area contributed by atoms with Gasteiger partial charge in [-0.3, -0.25) is 4.79 Å². The highest BCUT2D eigenvalue weighted by Gasteiger charge is 2.07. The molecule has 0 unspecified atom stereocenters.